The summed E-state index contributed by atoms with van der Waals surface area (Å²) in [6.45, 7) is 15.9. The predicted octanol–water partition coefficient (Wildman–Crippen LogP) is 4.79. The first-order valence-corrected chi connectivity index (χ1v) is 17.4. The molecule has 45 heavy (non-hydrogen) atoms. The summed E-state index contributed by atoms with van der Waals surface area (Å²) in [5.74, 6) is 0.389. The number of ether oxygens (including phenoxy) is 1. The fourth-order valence-corrected chi connectivity index (χ4v) is 9.46. The number of aliphatic hydroxyl groups is 1. The topological polar surface area (TPSA) is 118 Å². The van der Waals surface area contributed by atoms with Crippen LogP contribution in [0.3, 0.4) is 0 Å². The van der Waals surface area contributed by atoms with Gasteiger partial charge < -0.3 is 20.1 Å². The van der Waals surface area contributed by atoms with E-state index >= 15 is 0 Å². The zero-order chi connectivity index (χ0) is 32.6. The van der Waals surface area contributed by atoms with Crippen molar-refractivity contribution in [2.24, 2.45) is 39.1 Å². The molecule has 0 aromatic heterocycles. The summed E-state index contributed by atoms with van der Waals surface area (Å²) in [7, 11) is 1.78. The number of carbonyl (C=O) groups excluding carboxylic acids is 2. The average molecular weight is 638 g/mol. The van der Waals surface area contributed by atoms with Gasteiger partial charge in [0.05, 0.1) is 18.1 Å². The Labute approximate surface area is 272 Å². The Morgan fingerprint density at radius 3 is 2.60 bits per heavy atom. The number of hydrogen-bond acceptors (Lipinski definition) is 8. The molecule has 2 bridgehead atoms. The zero-order valence-corrected chi connectivity index (χ0v) is 28.4. The van der Waals surface area contributed by atoms with Crippen LogP contribution in [0.5, 0.6) is 0 Å². The van der Waals surface area contributed by atoms with Crippen LogP contribution in [0.2, 0.25) is 0 Å². The SMILES string of the molecule is C=C[C@]1(C)C[C@@H](OC(=O)CSc2ccc(/C=N/N(C)C(=N)N3CCNCC3)cc2)[C@]2(C)C(C)CCC3(CCC(=O)C32)[C@@H](C)[C@@H]1O. The van der Waals surface area contributed by atoms with Crippen LogP contribution in [0.15, 0.2) is 46.9 Å². The van der Waals surface area contributed by atoms with Crippen LogP contribution < -0.4 is 5.32 Å². The first-order chi connectivity index (χ1) is 21.4. The minimum absolute atomic E-state index is 0.0521. The van der Waals surface area contributed by atoms with Crippen LogP contribution in [0.4, 0.5) is 0 Å². The molecule has 4 aliphatic rings. The number of nitrogens with zero attached hydrogens (tertiary/aromatic N) is 3. The van der Waals surface area contributed by atoms with E-state index < -0.39 is 23.0 Å². The maximum atomic E-state index is 13.6. The summed E-state index contributed by atoms with van der Waals surface area (Å²) >= 11 is 1.42. The standard InChI is InChI=1S/C35H51N5O4S/c1-7-33(4)20-28(34(5)23(2)12-14-35(24(3)31(33)43)15-13-27(41)30(34)35)44-29(42)22-45-26-10-8-25(9-11-26)21-38-39(6)32(36)40-18-16-37-17-19-40/h7-11,21,23-24,28,30-31,36-37,43H,1,12-20,22H2,2-6H3/b36-32?,38-21+/t23?,24-,28+,30?,31-,33+,34-,35?/m0/s1. The van der Waals surface area contributed by atoms with E-state index in [0.717, 1.165) is 55.9 Å². The molecular weight excluding hydrogens is 586 g/mol. The molecule has 4 fully saturated rings. The lowest BCUT2D eigenvalue weighted by Crippen LogP contribution is -2.63. The number of esters is 1. The van der Waals surface area contributed by atoms with E-state index in [1.807, 2.05) is 42.2 Å². The summed E-state index contributed by atoms with van der Waals surface area (Å²) in [4.78, 5) is 30.0. The van der Waals surface area contributed by atoms with Crippen molar-refractivity contribution in [2.45, 2.75) is 76.9 Å². The molecule has 3 unspecified atom stereocenters. The van der Waals surface area contributed by atoms with E-state index in [1.165, 1.54) is 11.8 Å². The molecule has 9 nitrogen and oxygen atoms in total. The minimum atomic E-state index is -0.675. The van der Waals surface area contributed by atoms with Gasteiger partial charge in [-0.05, 0) is 60.6 Å². The lowest BCUT2D eigenvalue weighted by atomic mass is 9.44. The van der Waals surface area contributed by atoms with Crippen molar-refractivity contribution in [1.82, 2.24) is 15.2 Å². The maximum absolute atomic E-state index is 13.6. The number of piperazine rings is 1. The van der Waals surface area contributed by atoms with Crippen molar-refractivity contribution in [3.05, 3.63) is 42.5 Å². The second kappa shape index (κ2) is 13.2. The van der Waals surface area contributed by atoms with Crippen molar-refractivity contribution in [3.63, 3.8) is 0 Å². The Morgan fingerprint density at radius 2 is 1.93 bits per heavy atom. The molecule has 1 heterocycles. The third-order valence-corrected chi connectivity index (χ3v) is 12.9. The number of Topliss-reactive ketones (excluding diaryl/α,β-unsaturated/α-hetero) is 1. The third kappa shape index (κ3) is 6.22. The molecule has 0 spiro atoms. The quantitative estimate of drug-likeness (QED) is 0.0976. The number of benzene rings is 1. The monoisotopic (exact) mass is 637 g/mol. The van der Waals surface area contributed by atoms with Crippen LogP contribution in [0, 0.1) is 39.4 Å². The molecule has 1 aromatic rings. The molecular formula is C35H51N5O4S. The Morgan fingerprint density at radius 1 is 1.24 bits per heavy atom. The number of ketones is 1. The fourth-order valence-electron chi connectivity index (χ4n) is 8.78. The molecule has 246 valence electrons. The van der Waals surface area contributed by atoms with Gasteiger partial charge in [-0.25, -0.2) is 5.01 Å². The molecule has 10 heteroatoms. The van der Waals surface area contributed by atoms with Crippen LogP contribution in [-0.4, -0.2) is 90.1 Å². The molecule has 1 aliphatic heterocycles. The van der Waals surface area contributed by atoms with E-state index in [0.29, 0.717) is 18.8 Å². The van der Waals surface area contributed by atoms with Gasteiger partial charge in [-0.3, -0.25) is 15.0 Å². The summed E-state index contributed by atoms with van der Waals surface area (Å²) in [6.07, 6.45) is 6.00. The molecule has 0 amide bonds. The summed E-state index contributed by atoms with van der Waals surface area (Å²) < 4.78 is 6.38. The van der Waals surface area contributed by atoms with E-state index in [2.05, 4.69) is 37.8 Å². The Kier molecular flexibility index (Phi) is 9.88. The zero-order valence-electron chi connectivity index (χ0n) is 27.6. The Bertz CT molecular complexity index is 1320. The van der Waals surface area contributed by atoms with Crippen molar-refractivity contribution < 1.29 is 19.4 Å². The van der Waals surface area contributed by atoms with Gasteiger partial charge in [0.1, 0.15) is 11.9 Å². The van der Waals surface area contributed by atoms with Crippen LogP contribution in [0.25, 0.3) is 0 Å². The molecule has 0 radical (unpaired) electrons. The van der Waals surface area contributed by atoms with Gasteiger partial charge >= 0.3 is 5.97 Å². The number of hydrazone groups is 1. The summed E-state index contributed by atoms with van der Waals surface area (Å²) in [5, 5.41) is 29.4. The molecule has 1 aromatic carbocycles. The van der Waals surface area contributed by atoms with Gasteiger partial charge in [-0.15, -0.1) is 18.3 Å². The normalized spacial score (nSPS) is 36.6. The molecule has 3 saturated carbocycles. The van der Waals surface area contributed by atoms with E-state index in [4.69, 9.17) is 10.1 Å². The van der Waals surface area contributed by atoms with Crippen molar-refractivity contribution in [1.29, 1.82) is 5.41 Å². The van der Waals surface area contributed by atoms with Gasteiger partial charge in [0.15, 0.2) is 0 Å². The lowest BCUT2D eigenvalue weighted by Gasteiger charge is -2.61. The highest BCUT2D eigenvalue weighted by molar-refractivity contribution is 8.00. The fraction of sp³-hybridized carbons (Fsp3) is 0.657. The van der Waals surface area contributed by atoms with Crippen molar-refractivity contribution in [2.75, 3.05) is 39.0 Å². The van der Waals surface area contributed by atoms with Gasteiger partial charge in [-0.2, -0.15) is 5.10 Å². The van der Waals surface area contributed by atoms with E-state index in [1.54, 1.807) is 18.3 Å². The number of hydrogen-bond donors (Lipinski definition) is 3. The van der Waals surface area contributed by atoms with Gasteiger partial charge in [0.2, 0.25) is 5.96 Å². The maximum Gasteiger partial charge on any atom is 0.316 e. The second-order valence-corrected chi connectivity index (χ2v) is 15.3. The number of aliphatic hydroxyl groups excluding tert-OH is 1. The number of nitrogens with one attached hydrogen (secondary N) is 2. The highest BCUT2D eigenvalue weighted by atomic mass is 32.2. The van der Waals surface area contributed by atoms with E-state index in [-0.39, 0.29) is 40.7 Å². The molecule has 3 aliphatic carbocycles. The Hall–Kier alpha value is -2.69. The Balaban J connectivity index is 1.26. The lowest BCUT2D eigenvalue weighted by molar-refractivity contribution is -0.205. The first-order valence-electron chi connectivity index (χ1n) is 16.4. The van der Waals surface area contributed by atoms with Crippen molar-refractivity contribution in [3.8, 4) is 0 Å². The average Bonchev–Trinajstić information content (AvgIpc) is 3.41. The van der Waals surface area contributed by atoms with Crippen molar-refractivity contribution >= 4 is 35.7 Å². The first kappa shape index (κ1) is 33.7. The van der Waals surface area contributed by atoms with E-state index in [9.17, 15) is 14.7 Å². The summed E-state index contributed by atoms with van der Waals surface area (Å²) in [5.41, 5.74) is -0.543. The number of guanidine groups is 1. The number of thioether (sulfide) groups is 1. The largest absolute Gasteiger partial charge is 0.461 e. The molecule has 5 rings (SSSR count). The predicted molar refractivity (Wildman–Crippen MR) is 179 cm³/mol. The highest BCUT2D eigenvalue weighted by Gasteiger charge is 2.68. The molecule has 1 saturated heterocycles. The molecule has 3 N–H and O–H groups in total. The number of rotatable bonds is 7. The van der Waals surface area contributed by atoms with Crippen LogP contribution >= 0.6 is 11.8 Å². The third-order valence-electron chi connectivity index (χ3n) is 11.9. The molecule has 8 atom stereocenters. The van der Waals surface area contributed by atoms with Gasteiger partial charge in [0.25, 0.3) is 0 Å². The van der Waals surface area contributed by atoms with Crippen LogP contribution in [0.1, 0.15) is 65.4 Å². The minimum Gasteiger partial charge on any atom is -0.461 e. The summed E-state index contributed by atoms with van der Waals surface area (Å²) in [6, 6.07) is 7.81. The van der Waals surface area contributed by atoms with Gasteiger partial charge in [0, 0.05) is 61.3 Å². The van der Waals surface area contributed by atoms with Gasteiger partial charge in [-0.1, -0.05) is 45.9 Å². The number of carbonyl (C=O) groups is 2. The highest BCUT2D eigenvalue weighted by Crippen LogP contribution is 2.68. The smallest absolute Gasteiger partial charge is 0.316 e. The van der Waals surface area contributed by atoms with Crippen LogP contribution in [-0.2, 0) is 14.3 Å². The second-order valence-electron chi connectivity index (χ2n) is 14.3.